The minimum absolute atomic E-state index is 0.0254. The molecule has 0 saturated heterocycles. The number of hydrogen-bond acceptors (Lipinski definition) is 5. The van der Waals surface area contributed by atoms with Gasteiger partial charge in [0.2, 0.25) is 10.0 Å². The van der Waals surface area contributed by atoms with Gasteiger partial charge < -0.3 is 10.6 Å². The first kappa shape index (κ1) is 18.9. The number of thiophene rings is 1. The lowest BCUT2D eigenvalue weighted by molar-refractivity contribution is 0.103. The summed E-state index contributed by atoms with van der Waals surface area (Å²) in [5.41, 5.74) is 2.36. The molecule has 0 fully saturated rings. The molecule has 8 heteroatoms. The molecule has 140 valence electrons. The molecule has 1 amide bonds. The third-order valence-electron chi connectivity index (χ3n) is 4.38. The van der Waals surface area contributed by atoms with Crippen LogP contribution in [0.15, 0.2) is 29.2 Å². The second kappa shape index (κ2) is 7.77. The summed E-state index contributed by atoms with van der Waals surface area (Å²) in [7, 11) is -3.84. The van der Waals surface area contributed by atoms with Crippen molar-refractivity contribution >= 4 is 38.6 Å². The monoisotopic (exact) mass is 393 g/mol. The zero-order valence-electron chi connectivity index (χ0n) is 14.7. The average molecular weight is 394 g/mol. The Balaban J connectivity index is 1.85. The SMILES string of the molecule is CCCCNc1ccc(S(N)(=O)=O)cc1NC(=O)c1cc2c(s1)CCC2. The maximum Gasteiger partial charge on any atom is 0.265 e. The first-order chi connectivity index (χ1) is 12.4. The van der Waals surface area contributed by atoms with Gasteiger partial charge in [0.05, 0.1) is 21.1 Å². The van der Waals surface area contributed by atoms with Gasteiger partial charge in [-0.2, -0.15) is 0 Å². The van der Waals surface area contributed by atoms with Gasteiger partial charge in [0.15, 0.2) is 0 Å². The summed E-state index contributed by atoms with van der Waals surface area (Å²) in [4.78, 5) is 14.5. The number of anilines is 2. The Morgan fingerprint density at radius 1 is 1.23 bits per heavy atom. The zero-order valence-corrected chi connectivity index (χ0v) is 16.3. The van der Waals surface area contributed by atoms with Crippen LogP contribution in [0.2, 0.25) is 0 Å². The normalized spacial score (nSPS) is 13.5. The minimum Gasteiger partial charge on any atom is -0.383 e. The Kier molecular flexibility index (Phi) is 5.64. The van der Waals surface area contributed by atoms with Crippen LogP contribution in [-0.2, 0) is 22.9 Å². The van der Waals surface area contributed by atoms with Crippen molar-refractivity contribution in [1.29, 1.82) is 0 Å². The molecule has 1 aromatic heterocycles. The lowest BCUT2D eigenvalue weighted by Gasteiger charge is -2.14. The van der Waals surface area contributed by atoms with Gasteiger partial charge in [-0.3, -0.25) is 4.79 Å². The molecule has 3 rings (SSSR count). The molecule has 0 radical (unpaired) electrons. The summed E-state index contributed by atoms with van der Waals surface area (Å²) in [6, 6.07) is 6.43. The Hall–Kier alpha value is -1.90. The van der Waals surface area contributed by atoms with Crippen molar-refractivity contribution in [3.63, 3.8) is 0 Å². The molecule has 1 heterocycles. The van der Waals surface area contributed by atoms with Crippen molar-refractivity contribution in [2.75, 3.05) is 17.2 Å². The average Bonchev–Trinajstić information content (AvgIpc) is 3.17. The molecule has 1 aromatic carbocycles. The minimum atomic E-state index is -3.84. The molecular formula is C18H23N3O3S2. The first-order valence-corrected chi connectivity index (χ1v) is 11.1. The van der Waals surface area contributed by atoms with Gasteiger partial charge in [0, 0.05) is 11.4 Å². The molecule has 0 spiro atoms. The quantitative estimate of drug-likeness (QED) is 0.628. The number of nitrogens with two attached hydrogens (primary N) is 1. The topological polar surface area (TPSA) is 101 Å². The maximum absolute atomic E-state index is 12.7. The van der Waals surface area contributed by atoms with E-state index in [9.17, 15) is 13.2 Å². The fraction of sp³-hybridized carbons (Fsp3) is 0.389. The Bertz CT molecular complexity index is 898. The number of nitrogens with one attached hydrogen (secondary N) is 2. The molecule has 4 N–H and O–H groups in total. The van der Waals surface area contributed by atoms with E-state index in [1.165, 1.54) is 33.9 Å². The smallest absolute Gasteiger partial charge is 0.265 e. The van der Waals surface area contributed by atoms with Crippen LogP contribution >= 0.6 is 11.3 Å². The number of benzene rings is 1. The highest BCUT2D eigenvalue weighted by Crippen LogP contribution is 2.32. The Labute approximate surface area is 157 Å². The largest absolute Gasteiger partial charge is 0.383 e. The van der Waals surface area contributed by atoms with Gasteiger partial charge >= 0.3 is 0 Å². The van der Waals surface area contributed by atoms with E-state index < -0.39 is 10.0 Å². The molecule has 1 aliphatic carbocycles. The summed E-state index contributed by atoms with van der Waals surface area (Å²) in [6.45, 7) is 2.83. The van der Waals surface area contributed by atoms with Crippen molar-refractivity contribution in [3.8, 4) is 0 Å². The number of carbonyl (C=O) groups excluding carboxylic acids is 1. The van der Waals surface area contributed by atoms with E-state index in [2.05, 4.69) is 17.6 Å². The molecule has 0 unspecified atom stereocenters. The number of amides is 1. The van der Waals surface area contributed by atoms with Gasteiger partial charge in [-0.05, 0) is 55.5 Å². The predicted octanol–water partition coefficient (Wildman–Crippen LogP) is 3.35. The number of primary sulfonamides is 1. The molecule has 1 aliphatic rings. The van der Waals surface area contributed by atoms with Crippen LogP contribution in [0.3, 0.4) is 0 Å². The molecule has 0 aliphatic heterocycles. The lowest BCUT2D eigenvalue weighted by Crippen LogP contribution is -2.16. The summed E-state index contributed by atoms with van der Waals surface area (Å²) in [5, 5.41) is 11.3. The van der Waals surface area contributed by atoms with Gasteiger partial charge in [0.25, 0.3) is 5.91 Å². The second-order valence-corrected chi connectivity index (χ2v) is 9.10. The number of carbonyl (C=O) groups is 1. The van der Waals surface area contributed by atoms with Gasteiger partial charge in [0.1, 0.15) is 0 Å². The van der Waals surface area contributed by atoms with Crippen molar-refractivity contribution in [2.24, 2.45) is 5.14 Å². The third kappa shape index (κ3) is 4.25. The highest BCUT2D eigenvalue weighted by Gasteiger charge is 2.20. The van der Waals surface area contributed by atoms with Crippen LogP contribution in [-0.4, -0.2) is 20.9 Å². The van der Waals surface area contributed by atoms with E-state index in [0.717, 1.165) is 38.6 Å². The van der Waals surface area contributed by atoms with Gasteiger partial charge in [-0.25, -0.2) is 13.6 Å². The second-order valence-electron chi connectivity index (χ2n) is 6.40. The summed E-state index contributed by atoms with van der Waals surface area (Å²) in [6.07, 6.45) is 5.19. The standard InChI is InChI=1S/C18H23N3O3S2/c1-2-3-9-20-14-8-7-13(26(19,23)24)11-15(14)21-18(22)17-10-12-5-4-6-16(12)25-17/h7-8,10-11,20H,2-6,9H2,1H3,(H,21,22)(H2,19,23,24). The Morgan fingerprint density at radius 2 is 2.04 bits per heavy atom. The van der Waals surface area contributed by atoms with Crippen LogP contribution < -0.4 is 15.8 Å². The first-order valence-electron chi connectivity index (χ1n) is 8.72. The molecule has 0 bridgehead atoms. The van der Waals surface area contributed by atoms with Crippen LogP contribution in [0.4, 0.5) is 11.4 Å². The van der Waals surface area contributed by atoms with Crippen LogP contribution in [0.25, 0.3) is 0 Å². The third-order valence-corrected chi connectivity index (χ3v) is 6.53. The van der Waals surface area contributed by atoms with Gasteiger partial charge in [-0.15, -0.1) is 11.3 Å². The fourth-order valence-electron chi connectivity index (χ4n) is 2.98. The molecule has 0 saturated carbocycles. The van der Waals surface area contributed by atoms with Gasteiger partial charge in [-0.1, -0.05) is 13.3 Å². The maximum atomic E-state index is 12.7. The summed E-state index contributed by atoms with van der Waals surface area (Å²) in [5.74, 6) is -0.227. The number of fused-ring (bicyclic) bond motifs is 1. The molecule has 2 aromatic rings. The molecule has 6 nitrogen and oxygen atoms in total. The van der Waals surface area contributed by atoms with Crippen molar-refractivity contribution < 1.29 is 13.2 Å². The van der Waals surface area contributed by atoms with E-state index in [4.69, 9.17) is 5.14 Å². The van der Waals surface area contributed by atoms with Crippen LogP contribution in [0.5, 0.6) is 0 Å². The number of unbranched alkanes of at least 4 members (excludes halogenated alkanes) is 1. The van der Waals surface area contributed by atoms with Crippen molar-refractivity contribution in [2.45, 2.75) is 43.9 Å². The number of aryl methyl sites for hydroxylation is 2. The fourth-order valence-corrected chi connectivity index (χ4v) is 4.67. The van der Waals surface area contributed by atoms with Crippen LogP contribution in [0, 0.1) is 0 Å². The van der Waals surface area contributed by atoms with E-state index in [0.29, 0.717) is 16.3 Å². The molecular weight excluding hydrogens is 370 g/mol. The van der Waals surface area contributed by atoms with Crippen molar-refractivity contribution in [1.82, 2.24) is 0 Å². The van der Waals surface area contributed by atoms with Crippen LogP contribution in [0.1, 0.15) is 46.3 Å². The van der Waals surface area contributed by atoms with E-state index >= 15 is 0 Å². The highest BCUT2D eigenvalue weighted by molar-refractivity contribution is 7.89. The summed E-state index contributed by atoms with van der Waals surface area (Å²) >= 11 is 1.51. The van der Waals surface area contributed by atoms with E-state index in [-0.39, 0.29) is 10.8 Å². The number of hydrogen-bond donors (Lipinski definition) is 3. The number of rotatable bonds is 7. The van der Waals surface area contributed by atoms with E-state index in [1.807, 2.05) is 6.07 Å². The summed E-state index contributed by atoms with van der Waals surface area (Å²) < 4.78 is 23.3. The van der Waals surface area contributed by atoms with E-state index in [1.54, 1.807) is 6.07 Å². The zero-order chi connectivity index (χ0) is 18.7. The highest BCUT2D eigenvalue weighted by atomic mass is 32.2. The number of sulfonamides is 1. The Morgan fingerprint density at radius 3 is 2.73 bits per heavy atom. The molecule has 26 heavy (non-hydrogen) atoms. The lowest BCUT2D eigenvalue weighted by atomic mass is 10.2. The van der Waals surface area contributed by atoms with Crippen molar-refractivity contribution in [3.05, 3.63) is 39.6 Å². The molecule has 0 atom stereocenters. The predicted molar refractivity (Wildman–Crippen MR) is 106 cm³/mol.